The van der Waals surface area contributed by atoms with Crippen LogP contribution in [0.5, 0.6) is 0 Å². The molecule has 0 radical (unpaired) electrons. The molecule has 0 heterocycles. The van der Waals surface area contributed by atoms with Crippen molar-refractivity contribution in [3.05, 3.63) is 11.6 Å². The van der Waals surface area contributed by atoms with Crippen LogP contribution in [0.15, 0.2) is 11.6 Å². The van der Waals surface area contributed by atoms with Gasteiger partial charge in [-0.15, -0.1) is 0 Å². The van der Waals surface area contributed by atoms with Gasteiger partial charge in [-0.25, -0.2) is 0 Å². The lowest BCUT2D eigenvalue weighted by Gasteiger charge is -2.57. The van der Waals surface area contributed by atoms with Crippen LogP contribution in [0.1, 0.15) is 72.1 Å². The summed E-state index contributed by atoms with van der Waals surface area (Å²) in [4.78, 5) is 24.5. The highest BCUT2D eigenvalue weighted by Gasteiger charge is 2.60. The van der Waals surface area contributed by atoms with Gasteiger partial charge in [0.05, 0.1) is 0 Å². The fraction of sp³-hybridized carbons (Fsp3) is 0.810. The van der Waals surface area contributed by atoms with Crippen molar-refractivity contribution in [2.24, 2.45) is 34.5 Å². The van der Waals surface area contributed by atoms with Gasteiger partial charge in [0.15, 0.2) is 5.78 Å². The third-order valence-electron chi connectivity index (χ3n) is 8.41. The number of Topliss-reactive ketones (excluding diaryl/α,β-unsaturated/α-hetero) is 1. The highest BCUT2D eigenvalue weighted by molar-refractivity contribution is 5.91. The van der Waals surface area contributed by atoms with E-state index in [1.165, 1.54) is 24.8 Å². The zero-order valence-electron chi connectivity index (χ0n) is 14.9. The molecule has 0 spiro atoms. The highest BCUT2D eigenvalue weighted by Crippen LogP contribution is 2.66. The Balaban J connectivity index is 1.69. The summed E-state index contributed by atoms with van der Waals surface area (Å²) in [5.41, 5.74) is 1.90. The molecule has 0 N–H and O–H groups in total. The maximum Gasteiger partial charge on any atom is 0.155 e. The number of allylic oxidation sites excluding steroid dienone is 1. The van der Waals surface area contributed by atoms with Crippen molar-refractivity contribution in [2.45, 2.75) is 72.1 Å². The van der Waals surface area contributed by atoms with Crippen molar-refractivity contribution in [1.82, 2.24) is 0 Å². The molecule has 0 aliphatic heterocycles. The number of hydrogen-bond donors (Lipinski definition) is 0. The molecule has 0 amide bonds. The summed E-state index contributed by atoms with van der Waals surface area (Å²) in [6, 6.07) is 0. The van der Waals surface area contributed by atoms with Crippen molar-refractivity contribution >= 4 is 11.6 Å². The molecule has 4 aliphatic carbocycles. The minimum atomic E-state index is 0.228. The van der Waals surface area contributed by atoms with Crippen LogP contribution >= 0.6 is 0 Å². The molecule has 3 saturated carbocycles. The average Bonchev–Trinajstić information content (AvgIpc) is 2.77. The Morgan fingerprint density at radius 2 is 1.87 bits per heavy atom. The maximum atomic E-state index is 12.6. The van der Waals surface area contributed by atoms with Gasteiger partial charge >= 0.3 is 0 Å². The third-order valence-corrected chi connectivity index (χ3v) is 8.41. The van der Waals surface area contributed by atoms with Crippen molar-refractivity contribution in [2.75, 3.05) is 0 Å². The summed E-state index contributed by atoms with van der Waals surface area (Å²) in [6.07, 6.45) is 10.3. The third kappa shape index (κ3) is 1.99. The smallest absolute Gasteiger partial charge is 0.155 e. The molecule has 2 heteroatoms. The van der Waals surface area contributed by atoms with Gasteiger partial charge in [-0.05, 0) is 73.2 Å². The average molecular weight is 314 g/mol. The lowest BCUT2D eigenvalue weighted by Crippen LogP contribution is -2.50. The molecule has 0 bridgehead atoms. The predicted molar refractivity (Wildman–Crippen MR) is 90.9 cm³/mol. The Bertz CT molecular complexity index is 589. The predicted octanol–water partition coefficient (Wildman–Crippen LogP) is 4.72. The fourth-order valence-corrected chi connectivity index (χ4v) is 7.15. The minimum Gasteiger partial charge on any atom is -0.299 e. The topological polar surface area (TPSA) is 34.1 Å². The van der Waals surface area contributed by atoms with E-state index in [9.17, 15) is 9.59 Å². The molecule has 23 heavy (non-hydrogen) atoms. The van der Waals surface area contributed by atoms with Crippen LogP contribution in [-0.4, -0.2) is 11.6 Å². The highest BCUT2D eigenvalue weighted by atomic mass is 16.1. The van der Waals surface area contributed by atoms with E-state index in [4.69, 9.17) is 0 Å². The number of carbonyl (C=O) groups excluding carboxylic acids is 2. The molecule has 6 atom stereocenters. The fourth-order valence-electron chi connectivity index (χ4n) is 7.15. The van der Waals surface area contributed by atoms with Crippen molar-refractivity contribution in [1.29, 1.82) is 0 Å². The van der Waals surface area contributed by atoms with Crippen LogP contribution in [0, 0.1) is 34.5 Å². The van der Waals surface area contributed by atoms with Gasteiger partial charge in [0.25, 0.3) is 0 Å². The normalized spacial score (nSPS) is 49.3. The number of carbonyl (C=O) groups is 2. The van der Waals surface area contributed by atoms with Crippen molar-refractivity contribution < 1.29 is 9.59 Å². The Labute approximate surface area is 140 Å². The number of fused-ring (bicyclic) bond motifs is 5. The Kier molecular flexibility index (Phi) is 3.42. The quantitative estimate of drug-likeness (QED) is 0.701. The number of rotatable bonds is 1. The van der Waals surface area contributed by atoms with Gasteiger partial charge in [-0.3, -0.25) is 9.59 Å². The molecule has 4 rings (SSSR count). The van der Waals surface area contributed by atoms with E-state index < -0.39 is 0 Å². The molecule has 0 aromatic carbocycles. The van der Waals surface area contributed by atoms with Gasteiger partial charge in [0.1, 0.15) is 5.78 Å². The molecule has 0 aromatic heterocycles. The zero-order chi connectivity index (χ0) is 16.4. The van der Waals surface area contributed by atoms with Gasteiger partial charge in [-0.2, -0.15) is 0 Å². The van der Waals surface area contributed by atoms with Gasteiger partial charge in [0.2, 0.25) is 0 Å². The molecule has 2 nitrogen and oxygen atoms in total. The van der Waals surface area contributed by atoms with Gasteiger partial charge in [0, 0.05) is 18.8 Å². The summed E-state index contributed by atoms with van der Waals surface area (Å²) >= 11 is 0. The first-order chi connectivity index (χ1) is 10.9. The minimum absolute atomic E-state index is 0.228. The summed E-state index contributed by atoms with van der Waals surface area (Å²) in [5, 5.41) is 0. The first-order valence-corrected chi connectivity index (χ1v) is 9.66. The maximum absolute atomic E-state index is 12.6. The summed E-state index contributed by atoms with van der Waals surface area (Å²) in [7, 11) is 0. The van der Waals surface area contributed by atoms with Crippen LogP contribution in [0.3, 0.4) is 0 Å². The second-order valence-corrected chi connectivity index (χ2v) is 9.14. The largest absolute Gasteiger partial charge is 0.299 e. The standard InChI is InChI=1S/C21H30O2/c1-4-16-19(23)12-18-15-6-5-13-11-14(22)7-9-20(13,2)17(15)8-10-21(16,18)3/h11,15-18H,4-10,12H2,1-3H3. The van der Waals surface area contributed by atoms with E-state index in [1.54, 1.807) is 0 Å². The molecule has 4 aliphatic rings. The molecule has 126 valence electrons. The summed E-state index contributed by atoms with van der Waals surface area (Å²) in [5.74, 6) is 3.15. The molecule has 6 unspecified atom stereocenters. The van der Waals surface area contributed by atoms with Gasteiger partial charge < -0.3 is 0 Å². The zero-order valence-corrected chi connectivity index (χ0v) is 14.9. The molecule has 0 aromatic rings. The first-order valence-electron chi connectivity index (χ1n) is 9.66. The van der Waals surface area contributed by atoms with Crippen LogP contribution in [-0.2, 0) is 9.59 Å². The van der Waals surface area contributed by atoms with Crippen LogP contribution in [0.2, 0.25) is 0 Å². The van der Waals surface area contributed by atoms with E-state index in [0.717, 1.165) is 32.1 Å². The Morgan fingerprint density at radius 3 is 2.61 bits per heavy atom. The lowest BCUT2D eigenvalue weighted by molar-refractivity contribution is -0.122. The Hall–Kier alpha value is -0.920. The van der Waals surface area contributed by atoms with E-state index in [-0.39, 0.29) is 10.8 Å². The number of ketones is 2. The van der Waals surface area contributed by atoms with E-state index in [2.05, 4.69) is 20.8 Å². The van der Waals surface area contributed by atoms with Crippen molar-refractivity contribution in [3.8, 4) is 0 Å². The molecular formula is C21H30O2. The van der Waals surface area contributed by atoms with E-state index >= 15 is 0 Å². The van der Waals surface area contributed by atoms with Crippen LogP contribution in [0.25, 0.3) is 0 Å². The summed E-state index contributed by atoms with van der Waals surface area (Å²) in [6.45, 7) is 7.02. The molecule has 3 fully saturated rings. The lowest BCUT2D eigenvalue weighted by atomic mass is 9.47. The first kappa shape index (κ1) is 15.6. The molecular weight excluding hydrogens is 284 g/mol. The monoisotopic (exact) mass is 314 g/mol. The van der Waals surface area contributed by atoms with E-state index in [1.807, 2.05) is 6.08 Å². The SMILES string of the molecule is CCC1C(=O)CC2C3CCC4=CC(=O)CCC4(C)C3CCC12C. The van der Waals surface area contributed by atoms with Gasteiger partial charge in [-0.1, -0.05) is 26.3 Å². The van der Waals surface area contributed by atoms with Crippen LogP contribution < -0.4 is 0 Å². The Morgan fingerprint density at radius 1 is 1.09 bits per heavy atom. The number of hydrogen-bond acceptors (Lipinski definition) is 2. The second kappa shape index (κ2) is 5.04. The van der Waals surface area contributed by atoms with Crippen molar-refractivity contribution in [3.63, 3.8) is 0 Å². The molecule has 0 saturated heterocycles. The summed E-state index contributed by atoms with van der Waals surface area (Å²) < 4.78 is 0. The van der Waals surface area contributed by atoms with E-state index in [0.29, 0.717) is 35.2 Å². The van der Waals surface area contributed by atoms with Crippen LogP contribution in [0.4, 0.5) is 0 Å². The second-order valence-electron chi connectivity index (χ2n) is 9.14.